The van der Waals surface area contributed by atoms with E-state index in [0.717, 1.165) is 36.6 Å². The van der Waals surface area contributed by atoms with Gasteiger partial charge in [0.25, 0.3) is 0 Å². The standard InChI is InChI=1S/C33H44N10O4/c1-32(2,3)46-30(44)38-22-13-11-21(12-14-22)37-29-36-19-23-26(42-43-27(23)41-29)25-16-18-35-28(39-25)34-17-15-20-9-7-8-10-24(20)40-31(45)47-33(4,5)6/h7-10,16,18-19,21-22H,11-15,17H2,1-6H3,(H,38,44)(H,40,45)(H,34,35,39)(H2,36,37,41,42,43). The SMILES string of the molecule is CC(C)(C)OC(=O)Nc1ccccc1CCNc1nccc(-c2[nH]nc3nc(NC4CCC(NC(=O)OC(C)(C)C)CC4)ncc23)n1. The van der Waals surface area contributed by atoms with Crippen LogP contribution >= 0.6 is 0 Å². The summed E-state index contributed by atoms with van der Waals surface area (Å²) in [5.74, 6) is 0.962. The Hall–Kier alpha value is -5.01. The van der Waals surface area contributed by atoms with E-state index in [2.05, 4.69) is 51.4 Å². The van der Waals surface area contributed by atoms with Crippen LogP contribution in [0.15, 0.2) is 42.7 Å². The van der Waals surface area contributed by atoms with Crippen molar-refractivity contribution >= 4 is 40.8 Å². The third kappa shape index (κ3) is 9.74. The molecule has 0 bridgehead atoms. The molecule has 3 aromatic heterocycles. The van der Waals surface area contributed by atoms with Crippen molar-refractivity contribution in [3.05, 3.63) is 48.3 Å². The number of hydrogen-bond donors (Lipinski definition) is 5. The van der Waals surface area contributed by atoms with Crippen LogP contribution in [0.25, 0.3) is 22.4 Å². The Balaban J connectivity index is 1.15. The summed E-state index contributed by atoms with van der Waals surface area (Å²) in [4.78, 5) is 42.6. The van der Waals surface area contributed by atoms with Crippen molar-refractivity contribution in [2.75, 3.05) is 22.5 Å². The molecule has 4 aromatic rings. The van der Waals surface area contributed by atoms with Gasteiger partial charge in [-0.2, -0.15) is 10.1 Å². The zero-order valence-electron chi connectivity index (χ0n) is 27.8. The van der Waals surface area contributed by atoms with Crippen LogP contribution in [0.1, 0.15) is 72.8 Å². The number of amides is 2. The molecule has 5 rings (SSSR count). The highest BCUT2D eigenvalue weighted by atomic mass is 16.6. The average molecular weight is 645 g/mol. The zero-order valence-corrected chi connectivity index (χ0v) is 27.8. The van der Waals surface area contributed by atoms with Crippen LogP contribution in [0, 0.1) is 0 Å². The molecular formula is C33H44N10O4. The van der Waals surface area contributed by atoms with Crippen molar-refractivity contribution in [1.29, 1.82) is 0 Å². The molecule has 0 spiro atoms. The van der Waals surface area contributed by atoms with Gasteiger partial charge in [-0.3, -0.25) is 10.4 Å². The van der Waals surface area contributed by atoms with Crippen LogP contribution in [0.3, 0.4) is 0 Å². The number of alkyl carbamates (subject to hydrolysis) is 1. The Bertz CT molecular complexity index is 1690. The number of aromatic nitrogens is 6. The third-order valence-corrected chi connectivity index (χ3v) is 7.33. The Morgan fingerprint density at radius 1 is 0.872 bits per heavy atom. The molecule has 0 aliphatic heterocycles. The first-order valence-electron chi connectivity index (χ1n) is 15.9. The number of H-pyrrole nitrogens is 1. The second kappa shape index (κ2) is 14.2. The molecule has 0 unspecified atom stereocenters. The summed E-state index contributed by atoms with van der Waals surface area (Å²) in [6, 6.07) is 9.68. The topological polar surface area (TPSA) is 181 Å². The van der Waals surface area contributed by atoms with E-state index in [-0.39, 0.29) is 18.2 Å². The van der Waals surface area contributed by atoms with E-state index >= 15 is 0 Å². The molecule has 1 aliphatic carbocycles. The highest BCUT2D eigenvalue weighted by molar-refractivity contribution is 5.89. The lowest BCUT2D eigenvalue weighted by molar-refractivity contribution is 0.0491. The molecule has 1 aromatic carbocycles. The Labute approximate surface area is 274 Å². The van der Waals surface area contributed by atoms with E-state index in [0.29, 0.717) is 47.6 Å². The predicted molar refractivity (Wildman–Crippen MR) is 180 cm³/mol. The Morgan fingerprint density at radius 2 is 1.57 bits per heavy atom. The maximum absolute atomic E-state index is 12.3. The van der Waals surface area contributed by atoms with E-state index in [1.807, 2.05) is 65.8 Å². The molecule has 1 aliphatic rings. The first-order chi connectivity index (χ1) is 22.3. The summed E-state index contributed by atoms with van der Waals surface area (Å²) < 4.78 is 10.8. The molecule has 0 radical (unpaired) electrons. The number of hydrogen-bond acceptors (Lipinski definition) is 11. The molecule has 0 atom stereocenters. The first kappa shape index (κ1) is 33.4. The number of carbonyl (C=O) groups is 2. The Morgan fingerprint density at radius 3 is 2.32 bits per heavy atom. The summed E-state index contributed by atoms with van der Waals surface area (Å²) in [5, 5.41) is 20.7. The van der Waals surface area contributed by atoms with Gasteiger partial charge in [0, 0.05) is 36.7 Å². The van der Waals surface area contributed by atoms with Gasteiger partial charge in [-0.1, -0.05) is 18.2 Å². The molecule has 1 saturated carbocycles. The highest BCUT2D eigenvalue weighted by Gasteiger charge is 2.25. The van der Waals surface area contributed by atoms with Gasteiger partial charge in [0.1, 0.15) is 11.2 Å². The summed E-state index contributed by atoms with van der Waals surface area (Å²) in [6.07, 6.45) is 6.59. The summed E-state index contributed by atoms with van der Waals surface area (Å²) in [5.41, 5.74) is 2.41. The number of anilines is 3. The fraction of sp³-hybridized carbons (Fsp3) is 0.485. The molecule has 1 fully saturated rings. The lowest BCUT2D eigenvalue weighted by Gasteiger charge is -2.30. The number of carbonyl (C=O) groups excluding carboxylic acids is 2. The van der Waals surface area contributed by atoms with Gasteiger partial charge >= 0.3 is 12.2 Å². The van der Waals surface area contributed by atoms with Crippen molar-refractivity contribution in [3.63, 3.8) is 0 Å². The molecule has 250 valence electrons. The minimum Gasteiger partial charge on any atom is -0.444 e. The normalized spacial score (nSPS) is 16.7. The number of ether oxygens (including phenoxy) is 2. The maximum atomic E-state index is 12.3. The second-order valence-corrected chi connectivity index (χ2v) is 13.6. The number of benzene rings is 1. The monoisotopic (exact) mass is 644 g/mol. The van der Waals surface area contributed by atoms with Gasteiger partial charge in [0.2, 0.25) is 11.9 Å². The number of para-hydroxylation sites is 1. The number of nitrogens with one attached hydrogen (secondary N) is 5. The minimum atomic E-state index is -0.585. The van der Waals surface area contributed by atoms with Gasteiger partial charge < -0.3 is 25.4 Å². The maximum Gasteiger partial charge on any atom is 0.412 e. The van der Waals surface area contributed by atoms with Crippen molar-refractivity contribution in [2.24, 2.45) is 0 Å². The van der Waals surface area contributed by atoms with Crippen molar-refractivity contribution in [2.45, 2.75) is 96.9 Å². The van der Waals surface area contributed by atoms with E-state index in [1.165, 1.54) is 0 Å². The second-order valence-electron chi connectivity index (χ2n) is 13.6. The Kier molecular flexibility index (Phi) is 10.1. The number of aromatic amines is 1. The molecule has 3 heterocycles. The summed E-state index contributed by atoms with van der Waals surface area (Å²) in [6.45, 7) is 11.6. The lowest BCUT2D eigenvalue weighted by Crippen LogP contribution is -2.42. The largest absolute Gasteiger partial charge is 0.444 e. The van der Waals surface area contributed by atoms with Crippen molar-refractivity contribution < 1.29 is 19.1 Å². The van der Waals surface area contributed by atoms with Gasteiger partial charge in [-0.05, 0) is 91.3 Å². The first-order valence-corrected chi connectivity index (χ1v) is 15.9. The van der Waals surface area contributed by atoms with Crippen LogP contribution in [0.5, 0.6) is 0 Å². The molecule has 14 nitrogen and oxygen atoms in total. The molecule has 47 heavy (non-hydrogen) atoms. The van der Waals surface area contributed by atoms with Crippen LogP contribution in [-0.2, 0) is 15.9 Å². The van der Waals surface area contributed by atoms with E-state index in [4.69, 9.17) is 9.47 Å². The van der Waals surface area contributed by atoms with Crippen molar-refractivity contribution in [1.82, 2.24) is 35.5 Å². The molecule has 2 amide bonds. The fourth-order valence-corrected chi connectivity index (χ4v) is 5.27. The average Bonchev–Trinajstić information content (AvgIpc) is 3.41. The number of rotatable bonds is 9. The summed E-state index contributed by atoms with van der Waals surface area (Å²) in [7, 11) is 0. The quantitative estimate of drug-likeness (QED) is 0.143. The van der Waals surface area contributed by atoms with Crippen molar-refractivity contribution in [3.8, 4) is 11.4 Å². The molecular weight excluding hydrogens is 600 g/mol. The van der Waals surface area contributed by atoms with Gasteiger partial charge in [0.05, 0.1) is 16.8 Å². The van der Waals surface area contributed by atoms with Crippen LogP contribution < -0.4 is 21.3 Å². The molecule has 14 heteroatoms. The number of fused-ring (bicyclic) bond motifs is 1. The number of nitrogens with zero attached hydrogens (tertiary/aromatic N) is 5. The fourth-order valence-electron chi connectivity index (χ4n) is 5.27. The van der Waals surface area contributed by atoms with Crippen LogP contribution in [-0.4, -0.2) is 72.2 Å². The smallest absolute Gasteiger partial charge is 0.412 e. The highest BCUT2D eigenvalue weighted by Crippen LogP contribution is 2.26. The van der Waals surface area contributed by atoms with Crippen LogP contribution in [0.4, 0.5) is 27.2 Å². The lowest BCUT2D eigenvalue weighted by atomic mass is 9.91. The van der Waals surface area contributed by atoms with E-state index < -0.39 is 17.3 Å². The minimum absolute atomic E-state index is 0.0874. The third-order valence-electron chi connectivity index (χ3n) is 7.33. The van der Waals surface area contributed by atoms with Gasteiger partial charge in [-0.15, -0.1) is 0 Å². The molecule has 5 N–H and O–H groups in total. The predicted octanol–water partition coefficient (Wildman–Crippen LogP) is 6.06. The van der Waals surface area contributed by atoms with Gasteiger partial charge in [0.15, 0.2) is 5.65 Å². The van der Waals surface area contributed by atoms with E-state index in [9.17, 15) is 9.59 Å². The van der Waals surface area contributed by atoms with E-state index in [1.54, 1.807) is 18.5 Å². The summed E-state index contributed by atoms with van der Waals surface area (Å²) >= 11 is 0. The van der Waals surface area contributed by atoms with Crippen LogP contribution in [0.2, 0.25) is 0 Å². The zero-order chi connectivity index (χ0) is 33.6. The van der Waals surface area contributed by atoms with Gasteiger partial charge in [-0.25, -0.2) is 24.5 Å². The molecule has 0 saturated heterocycles.